The van der Waals surface area contributed by atoms with Gasteiger partial charge < -0.3 is 14.6 Å². The molecule has 2 N–H and O–H groups in total. The Hall–Kier alpha value is -4.60. The third kappa shape index (κ3) is 5.79. The summed E-state index contributed by atoms with van der Waals surface area (Å²) in [4.78, 5) is 42.5. The van der Waals surface area contributed by atoms with Crippen LogP contribution < -0.4 is 0 Å². The first kappa shape index (κ1) is 26.0. The molecule has 1 fully saturated rings. The second-order valence-electron chi connectivity index (χ2n) is 8.44. The van der Waals surface area contributed by atoms with E-state index in [1.165, 1.54) is 40.9 Å². The lowest BCUT2D eigenvalue weighted by Crippen LogP contribution is -2.28. The largest absolute Gasteiger partial charge is 0.478 e. The van der Waals surface area contributed by atoms with Gasteiger partial charge in [-0.05, 0) is 65.9 Å². The van der Waals surface area contributed by atoms with Gasteiger partial charge in [-0.2, -0.15) is 0 Å². The highest BCUT2D eigenvalue weighted by Gasteiger charge is 2.34. The van der Waals surface area contributed by atoms with Crippen molar-refractivity contribution in [3.05, 3.63) is 117 Å². The van der Waals surface area contributed by atoms with Crippen LogP contribution in [0.5, 0.6) is 0 Å². The molecule has 1 aliphatic heterocycles. The van der Waals surface area contributed by atoms with Crippen molar-refractivity contribution >= 4 is 58.1 Å². The van der Waals surface area contributed by atoms with E-state index in [9.17, 15) is 24.6 Å². The fraction of sp³-hybridized carbons (Fsp3) is 0.0345. The number of amides is 1. The third-order valence-electron chi connectivity index (χ3n) is 5.79. The molecule has 8 nitrogen and oxygen atoms in total. The number of rotatable bonds is 7. The molecule has 1 aliphatic rings. The van der Waals surface area contributed by atoms with Crippen LogP contribution in [0.2, 0.25) is 5.02 Å². The van der Waals surface area contributed by atoms with E-state index < -0.39 is 11.9 Å². The minimum Gasteiger partial charge on any atom is -0.478 e. The Kier molecular flexibility index (Phi) is 7.36. The monoisotopic (exact) mass is 558 g/mol. The van der Waals surface area contributed by atoms with Crippen LogP contribution in [-0.2, 0) is 11.3 Å². The van der Waals surface area contributed by atoms with Crippen molar-refractivity contribution in [1.82, 2.24) is 4.90 Å². The van der Waals surface area contributed by atoms with Crippen LogP contribution in [-0.4, -0.2) is 38.1 Å². The summed E-state index contributed by atoms with van der Waals surface area (Å²) in [5.41, 5.74) is 2.18. The summed E-state index contributed by atoms with van der Waals surface area (Å²) < 4.78 is 5.92. The zero-order chi connectivity index (χ0) is 27.5. The number of carbonyl (C=O) groups excluding carboxylic acids is 1. The molecule has 1 amide bonds. The number of halogens is 1. The Morgan fingerprint density at radius 2 is 1.69 bits per heavy atom. The van der Waals surface area contributed by atoms with E-state index in [0.29, 0.717) is 32.8 Å². The van der Waals surface area contributed by atoms with Gasteiger partial charge in [-0.15, -0.1) is 0 Å². The second kappa shape index (κ2) is 11.0. The van der Waals surface area contributed by atoms with E-state index in [1.807, 2.05) is 30.3 Å². The van der Waals surface area contributed by atoms with Crippen molar-refractivity contribution in [2.45, 2.75) is 6.54 Å². The van der Waals surface area contributed by atoms with Gasteiger partial charge in [-0.25, -0.2) is 14.6 Å². The number of nitrogens with zero attached hydrogens (tertiary/aromatic N) is 2. The average molecular weight is 559 g/mol. The van der Waals surface area contributed by atoms with Gasteiger partial charge in [-0.3, -0.25) is 9.69 Å². The van der Waals surface area contributed by atoms with Crippen molar-refractivity contribution in [1.29, 1.82) is 0 Å². The molecule has 2 heterocycles. The van der Waals surface area contributed by atoms with E-state index in [2.05, 4.69) is 4.99 Å². The summed E-state index contributed by atoms with van der Waals surface area (Å²) in [7, 11) is 0. The number of aliphatic imine (C=N–C) groups is 1. The molecular formula is C29H19ClN2O6S. The first-order chi connectivity index (χ1) is 18.8. The lowest BCUT2D eigenvalue weighted by Gasteiger charge is -2.16. The SMILES string of the molecule is O=C(O)c1ccc(CN2C(=O)/C(=C/c3ccc(-c4ccc(C(=O)O)c(Cl)c4)o3)SC2=Nc2ccccc2)cc1. The summed E-state index contributed by atoms with van der Waals surface area (Å²) in [5.74, 6) is -1.54. The Labute approximate surface area is 231 Å². The van der Waals surface area contributed by atoms with Crippen molar-refractivity contribution in [3.63, 3.8) is 0 Å². The zero-order valence-corrected chi connectivity index (χ0v) is 21.6. The number of carboxylic acid groups (broad SMARTS) is 2. The molecule has 5 rings (SSSR count). The molecule has 1 saturated heterocycles. The number of para-hydroxylation sites is 1. The van der Waals surface area contributed by atoms with E-state index in [0.717, 1.165) is 5.56 Å². The summed E-state index contributed by atoms with van der Waals surface area (Å²) in [6.07, 6.45) is 1.62. The van der Waals surface area contributed by atoms with E-state index in [-0.39, 0.29) is 28.6 Å². The van der Waals surface area contributed by atoms with Gasteiger partial charge in [0.1, 0.15) is 11.5 Å². The van der Waals surface area contributed by atoms with Crippen molar-refractivity contribution < 1.29 is 29.0 Å². The van der Waals surface area contributed by atoms with Gasteiger partial charge in [0.15, 0.2) is 5.17 Å². The molecule has 0 aliphatic carbocycles. The topological polar surface area (TPSA) is 120 Å². The van der Waals surface area contributed by atoms with E-state index in [4.69, 9.17) is 16.0 Å². The quantitative estimate of drug-likeness (QED) is 0.239. The van der Waals surface area contributed by atoms with Gasteiger partial charge in [0.05, 0.1) is 33.3 Å². The predicted octanol–water partition coefficient (Wildman–Crippen LogP) is 6.80. The molecule has 10 heteroatoms. The summed E-state index contributed by atoms with van der Waals surface area (Å²) in [5, 5.41) is 18.9. The van der Waals surface area contributed by atoms with E-state index in [1.54, 1.807) is 36.4 Å². The molecule has 0 radical (unpaired) electrons. The maximum Gasteiger partial charge on any atom is 0.337 e. The number of hydrogen-bond acceptors (Lipinski definition) is 6. The van der Waals surface area contributed by atoms with Crippen LogP contribution in [0.3, 0.4) is 0 Å². The van der Waals surface area contributed by atoms with Crippen LogP contribution in [0.4, 0.5) is 5.69 Å². The number of furan rings is 1. The van der Waals surface area contributed by atoms with Crippen LogP contribution in [0.1, 0.15) is 32.0 Å². The second-order valence-corrected chi connectivity index (χ2v) is 9.85. The van der Waals surface area contributed by atoms with Gasteiger partial charge in [-0.1, -0.05) is 48.0 Å². The summed E-state index contributed by atoms with van der Waals surface area (Å²) in [6.45, 7) is 0.201. The van der Waals surface area contributed by atoms with Gasteiger partial charge in [0.25, 0.3) is 5.91 Å². The molecule has 0 spiro atoms. The van der Waals surface area contributed by atoms with Gasteiger partial charge >= 0.3 is 11.9 Å². The van der Waals surface area contributed by atoms with E-state index >= 15 is 0 Å². The molecule has 3 aromatic carbocycles. The number of carboxylic acids is 2. The highest BCUT2D eigenvalue weighted by Crippen LogP contribution is 2.36. The Bertz CT molecular complexity index is 1640. The molecule has 4 aromatic rings. The lowest BCUT2D eigenvalue weighted by atomic mass is 10.1. The number of amidine groups is 1. The number of aromatic carboxylic acids is 2. The van der Waals surface area contributed by atoms with Crippen LogP contribution >= 0.6 is 23.4 Å². The minimum atomic E-state index is -1.12. The fourth-order valence-corrected chi connectivity index (χ4v) is 5.08. The maximum atomic E-state index is 13.5. The summed E-state index contributed by atoms with van der Waals surface area (Å²) >= 11 is 7.30. The van der Waals surface area contributed by atoms with Gasteiger partial charge in [0.2, 0.25) is 0 Å². The highest BCUT2D eigenvalue weighted by atomic mass is 35.5. The molecule has 0 saturated carbocycles. The predicted molar refractivity (Wildman–Crippen MR) is 149 cm³/mol. The van der Waals surface area contributed by atoms with Crippen LogP contribution in [0.15, 0.2) is 99.2 Å². The molecule has 0 atom stereocenters. The maximum absolute atomic E-state index is 13.5. The Morgan fingerprint density at radius 3 is 2.36 bits per heavy atom. The first-order valence-electron chi connectivity index (χ1n) is 11.6. The number of thioether (sulfide) groups is 1. The van der Waals surface area contributed by atoms with Crippen molar-refractivity contribution in [2.75, 3.05) is 0 Å². The number of carbonyl (C=O) groups is 3. The number of benzene rings is 3. The third-order valence-corrected chi connectivity index (χ3v) is 7.11. The zero-order valence-electron chi connectivity index (χ0n) is 20.1. The fourth-order valence-electron chi connectivity index (χ4n) is 3.84. The molecule has 0 unspecified atom stereocenters. The van der Waals surface area contributed by atoms with Crippen LogP contribution in [0, 0.1) is 0 Å². The Morgan fingerprint density at radius 1 is 0.949 bits per heavy atom. The van der Waals surface area contributed by atoms with Crippen molar-refractivity contribution in [3.8, 4) is 11.3 Å². The Balaban J connectivity index is 1.44. The molecule has 39 heavy (non-hydrogen) atoms. The molecule has 1 aromatic heterocycles. The molecular weight excluding hydrogens is 540 g/mol. The van der Waals surface area contributed by atoms with Gasteiger partial charge in [0, 0.05) is 11.6 Å². The highest BCUT2D eigenvalue weighted by molar-refractivity contribution is 8.18. The minimum absolute atomic E-state index is 0.00908. The molecule has 0 bridgehead atoms. The lowest BCUT2D eigenvalue weighted by molar-refractivity contribution is -0.122. The van der Waals surface area contributed by atoms with Crippen LogP contribution in [0.25, 0.3) is 17.4 Å². The smallest absolute Gasteiger partial charge is 0.337 e. The number of hydrogen-bond donors (Lipinski definition) is 2. The summed E-state index contributed by atoms with van der Waals surface area (Å²) in [6, 6.07) is 23.5. The van der Waals surface area contributed by atoms with Crippen molar-refractivity contribution in [2.24, 2.45) is 4.99 Å². The average Bonchev–Trinajstić information content (AvgIpc) is 3.50. The standard InChI is InChI=1S/C29H19ClN2O6S/c30-23-14-19(10-12-22(23)28(36)37)24-13-11-21(38-24)15-25-26(33)32(16-17-6-8-18(9-7-17)27(34)35)29(39-25)31-20-4-2-1-3-5-20/h1-15H,16H2,(H,34,35)(H,36,37)/b25-15-,31-29?. The molecule has 194 valence electrons. The normalized spacial score (nSPS) is 15.3. The first-order valence-corrected chi connectivity index (χ1v) is 12.8.